The van der Waals surface area contributed by atoms with E-state index in [0.717, 1.165) is 44.9 Å². The Morgan fingerprint density at radius 3 is 2.94 bits per heavy atom. The zero-order valence-corrected chi connectivity index (χ0v) is 9.85. The van der Waals surface area contributed by atoms with Crippen molar-refractivity contribution >= 4 is 6.29 Å². The largest absolute Gasteiger partial charge is 0.488 e. The summed E-state index contributed by atoms with van der Waals surface area (Å²) in [5.74, 6) is 0.766. The fourth-order valence-electron chi connectivity index (χ4n) is 1.90. The van der Waals surface area contributed by atoms with Crippen LogP contribution >= 0.6 is 0 Å². The zero-order valence-electron chi connectivity index (χ0n) is 9.85. The highest BCUT2D eigenvalue weighted by molar-refractivity contribution is 5.75. The molecule has 4 nitrogen and oxygen atoms in total. The molecule has 1 aromatic carbocycles. The van der Waals surface area contributed by atoms with Gasteiger partial charge in [-0.2, -0.15) is 0 Å². The molecule has 0 unspecified atom stereocenters. The molecule has 0 aromatic heterocycles. The third-order valence-electron chi connectivity index (χ3n) is 2.92. The van der Waals surface area contributed by atoms with E-state index in [4.69, 9.17) is 9.47 Å². The molecule has 2 rings (SSSR count). The third kappa shape index (κ3) is 3.84. The van der Waals surface area contributed by atoms with Crippen molar-refractivity contribution in [2.75, 3.05) is 39.5 Å². The summed E-state index contributed by atoms with van der Waals surface area (Å²) in [6, 6.07) is 7.25. The molecule has 1 aromatic rings. The van der Waals surface area contributed by atoms with Gasteiger partial charge in [0.2, 0.25) is 0 Å². The molecule has 0 saturated carbocycles. The predicted octanol–water partition coefficient (Wildman–Crippen LogP) is -0.207. The normalized spacial score (nSPS) is 16.7. The molecule has 1 heterocycles. The molecule has 17 heavy (non-hydrogen) atoms. The summed E-state index contributed by atoms with van der Waals surface area (Å²) < 4.78 is 10.9. The first-order chi connectivity index (χ1) is 8.38. The van der Waals surface area contributed by atoms with E-state index in [1.807, 2.05) is 12.1 Å². The van der Waals surface area contributed by atoms with Gasteiger partial charge in [0.15, 0.2) is 0 Å². The molecular weight excluding hydrogens is 218 g/mol. The SMILES string of the molecule is O=Cc1cccc(OCC[NH+]2CCOCC2)c1. The number of nitrogens with one attached hydrogen (secondary N) is 1. The Balaban J connectivity index is 1.75. The lowest BCUT2D eigenvalue weighted by atomic mass is 10.2. The molecule has 1 aliphatic heterocycles. The van der Waals surface area contributed by atoms with Crippen LogP contribution in [0, 0.1) is 0 Å². The fraction of sp³-hybridized carbons (Fsp3) is 0.462. The molecule has 1 N–H and O–H groups in total. The first-order valence-electron chi connectivity index (χ1n) is 5.98. The molecular formula is C13H18NO3+. The van der Waals surface area contributed by atoms with Crippen LogP contribution < -0.4 is 9.64 Å². The number of benzene rings is 1. The number of aldehydes is 1. The van der Waals surface area contributed by atoms with Crippen LogP contribution in [-0.2, 0) is 4.74 Å². The predicted molar refractivity (Wildman–Crippen MR) is 63.7 cm³/mol. The van der Waals surface area contributed by atoms with E-state index < -0.39 is 0 Å². The van der Waals surface area contributed by atoms with Crippen molar-refractivity contribution in [3.63, 3.8) is 0 Å². The van der Waals surface area contributed by atoms with Gasteiger partial charge in [-0.3, -0.25) is 4.79 Å². The minimum atomic E-state index is 0.654. The molecule has 0 spiro atoms. The van der Waals surface area contributed by atoms with Gasteiger partial charge in [-0.25, -0.2) is 0 Å². The van der Waals surface area contributed by atoms with Crippen LogP contribution in [0.5, 0.6) is 5.75 Å². The highest BCUT2D eigenvalue weighted by Crippen LogP contribution is 2.11. The summed E-state index contributed by atoms with van der Waals surface area (Å²) in [6.45, 7) is 5.45. The first kappa shape index (κ1) is 12.1. The summed E-state index contributed by atoms with van der Waals surface area (Å²) in [5, 5.41) is 0. The van der Waals surface area contributed by atoms with Crippen molar-refractivity contribution < 1.29 is 19.2 Å². The van der Waals surface area contributed by atoms with Crippen LogP contribution in [0.25, 0.3) is 0 Å². The topological polar surface area (TPSA) is 40.0 Å². The van der Waals surface area contributed by atoms with Crippen molar-refractivity contribution in [3.05, 3.63) is 29.8 Å². The Hall–Kier alpha value is -1.39. The van der Waals surface area contributed by atoms with Crippen LogP contribution in [0.3, 0.4) is 0 Å². The summed E-state index contributed by atoms with van der Waals surface area (Å²) in [7, 11) is 0. The average Bonchev–Trinajstić information content (AvgIpc) is 2.40. The van der Waals surface area contributed by atoms with Gasteiger partial charge in [0.1, 0.15) is 38.3 Å². The van der Waals surface area contributed by atoms with Crippen molar-refractivity contribution in [2.45, 2.75) is 0 Å². The summed E-state index contributed by atoms with van der Waals surface area (Å²) in [4.78, 5) is 12.1. The van der Waals surface area contributed by atoms with Crippen LogP contribution in [-0.4, -0.2) is 45.7 Å². The maximum Gasteiger partial charge on any atom is 0.150 e. The number of hydrogen-bond donors (Lipinski definition) is 1. The molecule has 0 bridgehead atoms. The maximum atomic E-state index is 10.6. The van der Waals surface area contributed by atoms with Gasteiger partial charge in [-0.1, -0.05) is 12.1 Å². The second-order valence-corrected chi connectivity index (χ2v) is 4.15. The van der Waals surface area contributed by atoms with Crippen LogP contribution in [0.1, 0.15) is 10.4 Å². The lowest BCUT2D eigenvalue weighted by Crippen LogP contribution is -3.14. The summed E-state index contributed by atoms with van der Waals surface area (Å²) in [6.07, 6.45) is 0.833. The molecule has 92 valence electrons. The number of carbonyl (C=O) groups excluding carboxylic acids is 1. The van der Waals surface area contributed by atoms with Crippen LogP contribution in [0.4, 0.5) is 0 Å². The average molecular weight is 236 g/mol. The molecule has 0 atom stereocenters. The number of rotatable bonds is 5. The van der Waals surface area contributed by atoms with Crippen molar-refractivity contribution in [1.29, 1.82) is 0 Å². The van der Waals surface area contributed by atoms with Gasteiger partial charge in [-0.05, 0) is 12.1 Å². The molecule has 0 radical (unpaired) electrons. The van der Waals surface area contributed by atoms with Gasteiger partial charge in [0.25, 0.3) is 0 Å². The molecule has 4 heteroatoms. The van der Waals surface area contributed by atoms with E-state index in [-0.39, 0.29) is 0 Å². The number of ether oxygens (including phenoxy) is 2. The van der Waals surface area contributed by atoms with Gasteiger partial charge in [0, 0.05) is 5.56 Å². The van der Waals surface area contributed by atoms with E-state index in [1.165, 1.54) is 4.90 Å². The fourth-order valence-corrected chi connectivity index (χ4v) is 1.90. The number of morpholine rings is 1. The summed E-state index contributed by atoms with van der Waals surface area (Å²) >= 11 is 0. The Morgan fingerprint density at radius 1 is 1.35 bits per heavy atom. The van der Waals surface area contributed by atoms with E-state index in [2.05, 4.69) is 0 Å². The van der Waals surface area contributed by atoms with Gasteiger partial charge in [-0.15, -0.1) is 0 Å². The molecule has 0 amide bonds. The van der Waals surface area contributed by atoms with E-state index >= 15 is 0 Å². The van der Waals surface area contributed by atoms with Crippen molar-refractivity contribution in [3.8, 4) is 5.75 Å². The Bertz CT molecular complexity index is 361. The molecule has 1 saturated heterocycles. The first-order valence-corrected chi connectivity index (χ1v) is 5.98. The van der Waals surface area contributed by atoms with Gasteiger partial charge in [0.05, 0.1) is 13.2 Å². The second-order valence-electron chi connectivity index (χ2n) is 4.15. The maximum absolute atomic E-state index is 10.6. The highest BCUT2D eigenvalue weighted by atomic mass is 16.5. The Kier molecular flexibility index (Phi) is 4.53. The number of hydrogen-bond acceptors (Lipinski definition) is 3. The van der Waals surface area contributed by atoms with Crippen molar-refractivity contribution in [1.82, 2.24) is 0 Å². The monoisotopic (exact) mass is 236 g/mol. The smallest absolute Gasteiger partial charge is 0.150 e. The lowest BCUT2D eigenvalue weighted by molar-refractivity contribution is -0.908. The van der Waals surface area contributed by atoms with E-state index in [0.29, 0.717) is 12.2 Å². The van der Waals surface area contributed by atoms with E-state index in [1.54, 1.807) is 12.1 Å². The third-order valence-corrected chi connectivity index (χ3v) is 2.92. The zero-order chi connectivity index (χ0) is 11.9. The molecule has 1 aliphatic rings. The molecule has 0 aliphatic carbocycles. The number of quaternary nitrogens is 1. The van der Waals surface area contributed by atoms with Crippen molar-refractivity contribution in [2.24, 2.45) is 0 Å². The van der Waals surface area contributed by atoms with Crippen LogP contribution in [0.2, 0.25) is 0 Å². The standard InChI is InChI=1S/C13H17NO3/c15-11-12-2-1-3-13(10-12)17-9-6-14-4-7-16-8-5-14/h1-3,10-11H,4-9H2/p+1. The Morgan fingerprint density at radius 2 is 2.18 bits per heavy atom. The minimum absolute atomic E-state index is 0.654. The van der Waals surface area contributed by atoms with Gasteiger partial charge < -0.3 is 14.4 Å². The second kappa shape index (κ2) is 6.37. The van der Waals surface area contributed by atoms with E-state index in [9.17, 15) is 4.79 Å². The summed E-state index contributed by atoms with van der Waals surface area (Å²) in [5.41, 5.74) is 0.654. The minimum Gasteiger partial charge on any atom is -0.488 e. The van der Waals surface area contributed by atoms with Gasteiger partial charge >= 0.3 is 0 Å². The highest BCUT2D eigenvalue weighted by Gasteiger charge is 2.13. The van der Waals surface area contributed by atoms with Crippen LogP contribution in [0.15, 0.2) is 24.3 Å². The Labute approximate surface area is 101 Å². The number of carbonyl (C=O) groups is 1. The molecule has 1 fully saturated rings. The lowest BCUT2D eigenvalue weighted by Gasteiger charge is -2.23. The quantitative estimate of drug-likeness (QED) is 0.719.